The van der Waals surface area contributed by atoms with Crippen LogP contribution >= 0.6 is 0 Å². The van der Waals surface area contributed by atoms with E-state index in [0.717, 1.165) is 6.42 Å². The highest BCUT2D eigenvalue weighted by Crippen LogP contribution is 2.14. The summed E-state index contributed by atoms with van der Waals surface area (Å²) in [4.78, 5) is 11.0. The largest absolute Gasteiger partial charge is 0.427 e. The van der Waals surface area contributed by atoms with E-state index in [-0.39, 0.29) is 5.97 Å². The highest BCUT2D eigenvalue weighted by molar-refractivity contribution is 5.71. The Morgan fingerprint density at radius 2 is 1.67 bits per heavy atom. The number of hydrogen-bond donors (Lipinski definition) is 0. The van der Waals surface area contributed by atoms with Gasteiger partial charge in [0.15, 0.2) is 0 Å². The number of ether oxygens (including phenoxy) is 1. The van der Waals surface area contributed by atoms with E-state index in [1.165, 1.54) is 12.0 Å². The van der Waals surface area contributed by atoms with Gasteiger partial charge in [0.2, 0.25) is 0 Å². The summed E-state index contributed by atoms with van der Waals surface area (Å²) in [6, 6.07) is 7.61. The highest BCUT2D eigenvalue weighted by Gasteiger charge is 2.00. The molecule has 2 heteroatoms. The average Bonchev–Trinajstić information content (AvgIpc) is 2.42. The predicted molar refractivity (Wildman–Crippen MR) is 79.1 cm³/mol. The van der Waals surface area contributed by atoms with Crippen molar-refractivity contribution in [3.05, 3.63) is 29.8 Å². The molecule has 0 saturated carbocycles. The van der Waals surface area contributed by atoms with Crippen molar-refractivity contribution in [1.29, 1.82) is 0 Å². The first-order valence-electron chi connectivity index (χ1n) is 6.97. The SMILES string of the molecule is CC.CCC.CCC(=O)Oc1cccc(CC)c1. The van der Waals surface area contributed by atoms with Crippen LogP contribution in [0.2, 0.25) is 0 Å². The van der Waals surface area contributed by atoms with Crippen LogP contribution in [0.25, 0.3) is 0 Å². The molecular formula is C16H28O2. The molecule has 2 nitrogen and oxygen atoms in total. The van der Waals surface area contributed by atoms with Crippen LogP contribution in [0.4, 0.5) is 0 Å². The van der Waals surface area contributed by atoms with Crippen LogP contribution in [0.5, 0.6) is 5.75 Å². The van der Waals surface area contributed by atoms with Gasteiger partial charge in [0, 0.05) is 6.42 Å². The summed E-state index contributed by atoms with van der Waals surface area (Å²) in [6.45, 7) is 12.1. The summed E-state index contributed by atoms with van der Waals surface area (Å²) in [7, 11) is 0. The Bertz CT molecular complexity index is 306. The Morgan fingerprint density at radius 3 is 2.11 bits per heavy atom. The van der Waals surface area contributed by atoms with Crippen molar-refractivity contribution in [2.75, 3.05) is 0 Å². The van der Waals surface area contributed by atoms with Gasteiger partial charge in [-0.05, 0) is 24.1 Å². The molecule has 1 rings (SSSR count). The maximum absolute atomic E-state index is 11.0. The predicted octanol–water partition coefficient (Wildman–Crippen LogP) is 5.01. The molecule has 0 saturated heterocycles. The molecular weight excluding hydrogens is 224 g/mol. The first kappa shape index (κ1) is 19.0. The summed E-state index contributed by atoms with van der Waals surface area (Å²) in [5, 5.41) is 0. The van der Waals surface area contributed by atoms with Gasteiger partial charge in [0.25, 0.3) is 0 Å². The Labute approximate surface area is 112 Å². The van der Waals surface area contributed by atoms with Gasteiger partial charge in [-0.1, -0.05) is 60.1 Å². The Hall–Kier alpha value is -1.31. The lowest BCUT2D eigenvalue weighted by molar-refractivity contribution is -0.134. The number of carbonyl (C=O) groups is 1. The highest BCUT2D eigenvalue weighted by atomic mass is 16.5. The molecule has 0 amide bonds. The summed E-state index contributed by atoms with van der Waals surface area (Å²) in [6.07, 6.45) is 2.62. The lowest BCUT2D eigenvalue weighted by atomic mass is 10.2. The monoisotopic (exact) mass is 252 g/mol. The number of rotatable bonds is 3. The molecule has 18 heavy (non-hydrogen) atoms. The Morgan fingerprint density at radius 1 is 1.11 bits per heavy atom. The molecule has 1 aromatic rings. The van der Waals surface area contributed by atoms with E-state index in [1.54, 1.807) is 13.0 Å². The molecule has 0 unspecified atom stereocenters. The fourth-order valence-corrected chi connectivity index (χ4v) is 1.03. The zero-order chi connectivity index (χ0) is 14.4. The fraction of sp³-hybridized carbons (Fsp3) is 0.562. The molecule has 0 atom stereocenters. The molecule has 0 aliphatic carbocycles. The quantitative estimate of drug-likeness (QED) is 0.558. The molecule has 0 fully saturated rings. The normalized spacial score (nSPS) is 8.33. The second-order valence-corrected chi connectivity index (χ2v) is 3.54. The molecule has 0 bridgehead atoms. The molecule has 0 aliphatic heterocycles. The smallest absolute Gasteiger partial charge is 0.310 e. The minimum absolute atomic E-state index is 0.187. The molecule has 1 aromatic carbocycles. The maximum atomic E-state index is 11.0. The van der Waals surface area contributed by atoms with Gasteiger partial charge in [-0.3, -0.25) is 4.79 Å². The maximum Gasteiger partial charge on any atom is 0.310 e. The van der Waals surface area contributed by atoms with E-state index in [4.69, 9.17) is 4.74 Å². The fourth-order valence-electron chi connectivity index (χ4n) is 1.03. The first-order chi connectivity index (χ1) is 8.67. The summed E-state index contributed by atoms with van der Waals surface area (Å²) >= 11 is 0. The average molecular weight is 252 g/mol. The van der Waals surface area contributed by atoms with Gasteiger partial charge >= 0.3 is 5.97 Å². The summed E-state index contributed by atoms with van der Waals surface area (Å²) in [5.74, 6) is 0.458. The standard InChI is InChI=1S/C11H14O2.C3H8.C2H6/c1-3-9-6-5-7-10(8-9)13-11(12)4-2;1-3-2;1-2/h5-8H,3-4H2,1-2H3;3H2,1-2H3;1-2H3. The molecule has 0 radical (unpaired) electrons. The second-order valence-electron chi connectivity index (χ2n) is 3.54. The lowest BCUT2D eigenvalue weighted by Crippen LogP contribution is -2.05. The zero-order valence-corrected chi connectivity index (χ0v) is 12.7. The van der Waals surface area contributed by atoms with E-state index in [9.17, 15) is 4.79 Å². The summed E-state index contributed by atoms with van der Waals surface area (Å²) in [5.41, 5.74) is 1.18. The molecule has 0 heterocycles. The topological polar surface area (TPSA) is 26.3 Å². The van der Waals surface area contributed by atoms with Gasteiger partial charge in [-0.15, -0.1) is 0 Å². The van der Waals surface area contributed by atoms with E-state index in [2.05, 4.69) is 20.8 Å². The molecule has 0 N–H and O–H groups in total. The van der Waals surface area contributed by atoms with Gasteiger partial charge in [-0.25, -0.2) is 0 Å². The number of benzene rings is 1. The third-order valence-electron chi connectivity index (χ3n) is 1.83. The molecule has 0 spiro atoms. The van der Waals surface area contributed by atoms with E-state index in [0.29, 0.717) is 12.2 Å². The Balaban J connectivity index is 0. The van der Waals surface area contributed by atoms with E-state index in [1.807, 2.05) is 32.0 Å². The van der Waals surface area contributed by atoms with E-state index >= 15 is 0 Å². The minimum Gasteiger partial charge on any atom is -0.427 e. The van der Waals surface area contributed by atoms with Gasteiger partial charge < -0.3 is 4.74 Å². The second kappa shape index (κ2) is 13.8. The van der Waals surface area contributed by atoms with Crippen molar-refractivity contribution in [3.63, 3.8) is 0 Å². The number of aryl methyl sites for hydroxylation is 1. The van der Waals surface area contributed by atoms with Gasteiger partial charge in [-0.2, -0.15) is 0 Å². The van der Waals surface area contributed by atoms with Crippen LogP contribution in [0.15, 0.2) is 24.3 Å². The molecule has 0 aromatic heterocycles. The van der Waals surface area contributed by atoms with Crippen molar-refractivity contribution in [2.45, 2.75) is 60.8 Å². The van der Waals surface area contributed by atoms with Crippen molar-refractivity contribution in [3.8, 4) is 5.75 Å². The van der Waals surface area contributed by atoms with Crippen molar-refractivity contribution in [1.82, 2.24) is 0 Å². The van der Waals surface area contributed by atoms with Crippen molar-refractivity contribution in [2.24, 2.45) is 0 Å². The van der Waals surface area contributed by atoms with Crippen LogP contribution in [0.3, 0.4) is 0 Å². The number of esters is 1. The minimum atomic E-state index is -0.187. The first-order valence-corrected chi connectivity index (χ1v) is 6.97. The number of carbonyl (C=O) groups excluding carboxylic acids is 1. The zero-order valence-electron chi connectivity index (χ0n) is 12.7. The van der Waals surface area contributed by atoms with Gasteiger partial charge in [0.05, 0.1) is 0 Å². The van der Waals surface area contributed by atoms with Crippen LogP contribution in [-0.4, -0.2) is 5.97 Å². The number of hydrogen-bond acceptors (Lipinski definition) is 2. The van der Waals surface area contributed by atoms with Crippen molar-refractivity contribution >= 4 is 5.97 Å². The third kappa shape index (κ3) is 9.88. The van der Waals surface area contributed by atoms with Crippen LogP contribution in [-0.2, 0) is 11.2 Å². The van der Waals surface area contributed by atoms with Crippen LogP contribution in [0.1, 0.15) is 59.9 Å². The molecule has 104 valence electrons. The van der Waals surface area contributed by atoms with Crippen LogP contribution < -0.4 is 4.74 Å². The van der Waals surface area contributed by atoms with Crippen molar-refractivity contribution < 1.29 is 9.53 Å². The lowest BCUT2D eigenvalue weighted by Gasteiger charge is -2.03. The Kier molecular flexibility index (Phi) is 14.5. The summed E-state index contributed by atoms with van der Waals surface area (Å²) < 4.78 is 5.07. The van der Waals surface area contributed by atoms with Crippen LogP contribution in [0, 0.1) is 0 Å². The van der Waals surface area contributed by atoms with Gasteiger partial charge in [0.1, 0.15) is 5.75 Å². The van der Waals surface area contributed by atoms with E-state index < -0.39 is 0 Å². The molecule has 0 aliphatic rings. The third-order valence-corrected chi connectivity index (χ3v) is 1.83.